The first-order valence-corrected chi connectivity index (χ1v) is 8.44. The predicted octanol–water partition coefficient (Wildman–Crippen LogP) is 4.95. The molecular weight excluding hydrogens is 308 g/mol. The lowest BCUT2D eigenvalue weighted by Crippen LogP contribution is -2.10. The van der Waals surface area contributed by atoms with Crippen molar-refractivity contribution in [2.45, 2.75) is 32.2 Å². The summed E-state index contributed by atoms with van der Waals surface area (Å²) in [6.45, 7) is 3.43. The van der Waals surface area contributed by atoms with Gasteiger partial charge in [-0.1, -0.05) is 23.7 Å². The fraction of sp³-hybridized carbons (Fsp3) is 0.316. The van der Waals surface area contributed by atoms with Crippen LogP contribution in [-0.4, -0.2) is 16.2 Å². The maximum atomic E-state index is 6.06. The number of nitrogens with zero attached hydrogens (tertiary/aromatic N) is 2. The molecule has 4 rings (SSSR count). The average molecular weight is 327 g/mol. The molecule has 3 nitrogen and oxygen atoms in total. The molecule has 1 aliphatic carbocycles. The van der Waals surface area contributed by atoms with Gasteiger partial charge in [-0.15, -0.1) is 0 Å². The van der Waals surface area contributed by atoms with Crippen LogP contribution in [0, 0.1) is 6.92 Å². The first-order chi connectivity index (χ1) is 11.2. The largest absolute Gasteiger partial charge is 0.492 e. The van der Waals surface area contributed by atoms with Crippen molar-refractivity contribution in [1.29, 1.82) is 0 Å². The van der Waals surface area contributed by atoms with Crippen molar-refractivity contribution in [3.8, 4) is 5.75 Å². The van der Waals surface area contributed by atoms with E-state index in [4.69, 9.17) is 21.3 Å². The SMILES string of the molecule is Cc1cc(OCCn2c(C3CC3)nc3ccccc32)ccc1Cl. The number of imidazole rings is 1. The van der Waals surface area contributed by atoms with Gasteiger partial charge in [0.2, 0.25) is 0 Å². The van der Waals surface area contributed by atoms with Crippen LogP contribution in [0.5, 0.6) is 5.75 Å². The van der Waals surface area contributed by atoms with Gasteiger partial charge in [-0.25, -0.2) is 4.98 Å². The fourth-order valence-corrected chi connectivity index (χ4v) is 3.06. The Bertz CT molecular complexity index is 852. The van der Waals surface area contributed by atoms with E-state index < -0.39 is 0 Å². The standard InChI is InChI=1S/C19H19ClN2O/c1-13-12-15(8-9-16(13)20)23-11-10-22-18-5-3-2-4-17(18)21-19(22)14-6-7-14/h2-5,8-9,12,14H,6-7,10-11H2,1H3. The monoisotopic (exact) mass is 326 g/mol. The Morgan fingerprint density at radius 1 is 1.22 bits per heavy atom. The Morgan fingerprint density at radius 2 is 2.04 bits per heavy atom. The zero-order valence-corrected chi connectivity index (χ0v) is 13.9. The minimum Gasteiger partial charge on any atom is -0.492 e. The van der Waals surface area contributed by atoms with Crippen molar-refractivity contribution in [3.05, 3.63) is 58.9 Å². The van der Waals surface area contributed by atoms with Crippen molar-refractivity contribution >= 4 is 22.6 Å². The first kappa shape index (κ1) is 14.6. The van der Waals surface area contributed by atoms with Crippen LogP contribution < -0.4 is 4.74 Å². The first-order valence-electron chi connectivity index (χ1n) is 8.06. The Kier molecular flexibility index (Phi) is 3.74. The van der Waals surface area contributed by atoms with Gasteiger partial charge < -0.3 is 9.30 Å². The number of hydrogen-bond donors (Lipinski definition) is 0. The number of aromatic nitrogens is 2. The van der Waals surface area contributed by atoms with Crippen molar-refractivity contribution in [3.63, 3.8) is 0 Å². The number of para-hydroxylation sites is 2. The van der Waals surface area contributed by atoms with Crippen LogP contribution in [0.3, 0.4) is 0 Å². The van der Waals surface area contributed by atoms with E-state index in [2.05, 4.69) is 22.8 Å². The van der Waals surface area contributed by atoms with Gasteiger partial charge in [0, 0.05) is 10.9 Å². The van der Waals surface area contributed by atoms with Crippen molar-refractivity contribution in [2.75, 3.05) is 6.61 Å². The highest BCUT2D eigenvalue weighted by atomic mass is 35.5. The van der Waals surface area contributed by atoms with E-state index in [0.29, 0.717) is 12.5 Å². The van der Waals surface area contributed by atoms with E-state index in [1.165, 1.54) is 24.2 Å². The van der Waals surface area contributed by atoms with E-state index in [9.17, 15) is 0 Å². The Morgan fingerprint density at radius 3 is 2.83 bits per heavy atom. The normalized spacial score (nSPS) is 14.3. The second-order valence-corrected chi connectivity index (χ2v) is 6.55. The average Bonchev–Trinajstić information content (AvgIpc) is 3.33. The summed E-state index contributed by atoms with van der Waals surface area (Å²) in [6.07, 6.45) is 2.50. The maximum Gasteiger partial charge on any atom is 0.119 e. The van der Waals surface area contributed by atoms with Crippen LogP contribution in [0.2, 0.25) is 5.02 Å². The highest BCUT2D eigenvalue weighted by molar-refractivity contribution is 6.31. The lowest BCUT2D eigenvalue weighted by atomic mass is 10.2. The molecule has 0 atom stereocenters. The summed E-state index contributed by atoms with van der Waals surface area (Å²) < 4.78 is 8.23. The molecule has 2 aromatic carbocycles. The van der Waals surface area contributed by atoms with Crippen LogP contribution in [0.25, 0.3) is 11.0 Å². The minimum atomic E-state index is 0.625. The molecule has 23 heavy (non-hydrogen) atoms. The molecule has 0 aliphatic heterocycles. The van der Waals surface area contributed by atoms with Gasteiger partial charge in [-0.05, 0) is 55.7 Å². The molecule has 0 spiro atoms. The molecule has 0 radical (unpaired) electrons. The van der Waals surface area contributed by atoms with Gasteiger partial charge in [0.25, 0.3) is 0 Å². The number of aryl methyl sites for hydroxylation is 1. The van der Waals surface area contributed by atoms with Gasteiger partial charge in [-0.3, -0.25) is 0 Å². The molecular formula is C19H19ClN2O. The zero-order chi connectivity index (χ0) is 15.8. The highest BCUT2D eigenvalue weighted by Gasteiger charge is 2.29. The molecule has 118 valence electrons. The van der Waals surface area contributed by atoms with Crippen LogP contribution >= 0.6 is 11.6 Å². The molecule has 1 aliphatic rings. The van der Waals surface area contributed by atoms with Crippen LogP contribution in [0.4, 0.5) is 0 Å². The third kappa shape index (κ3) is 2.93. The summed E-state index contributed by atoms with van der Waals surface area (Å²) in [7, 11) is 0. The lowest BCUT2D eigenvalue weighted by Gasteiger charge is -2.11. The van der Waals surface area contributed by atoms with E-state index in [0.717, 1.165) is 28.4 Å². The summed E-state index contributed by atoms with van der Waals surface area (Å²) in [5.74, 6) is 2.70. The summed E-state index contributed by atoms with van der Waals surface area (Å²) in [6, 6.07) is 14.1. The quantitative estimate of drug-likeness (QED) is 0.663. The van der Waals surface area contributed by atoms with E-state index in [1.807, 2.05) is 31.2 Å². The molecule has 1 fully saturated rings. The fourth-order valence-electron chi connectivity index (χ4n) is 2.94. The maximum absolute atomic E-state index is 6.06. The number of ether oxygens (including phenoxy) is 1. The van der Waals surface area contributed by atoms with Gasteiger partial charge in [0.05, 0.1) is 17.6 Å². The van der Waals surface area contributed by atoms with E-state index >= 15 is 0 Å². The van der Waals surface area contributed by atoms with Gasteiger partial charge in [0.15, 0.2) is 0 Å². The van der Waals surface area contributed by atoms with Crippen molar-refractivity contribution in [2.24, 2.45) is 0 Å². The number of benzene rings is 2. The minimum absolute atomic E-state index is 0.625. The summed E-state index contributed by atoms with van der Waals surface area (Å²) >= 11 is 6.06. The Balaban J connectivity index is 1.53. The van der Waals surface area contributed by atoms with Crippen molar-refractivity contribution < 1.29 is 4.74 Å². The Hall–Kier alpha value is -2.00. The summed E-state index contributed by atoms with van der Waals surface area (Å²) in [5, 5.41) is 0.772. The lowest BCUT2D eigenvalue weighted by molar-refractivity contribution is 0.298. The topological polar surface area (TPSA) is 27.1 Å². The molecule has 0 N–H and O–H groups in total. The predicted molar refractivity (Wildman–Crippen MR) is 93.4 cm³/mol. The van der Waals surface area contributed by atoms with Gasteiger partial charge in [0.1, 0.15) is 18.2 Å². The van der Waals surface area contributed by atoms with Crippen LogP contribution in [0.1, 0.15) is 30.1 Å². The zero-order valence-electron chi connectivity index (χ0n) is 13.1. The number of rotatable bonds is 5. The van der Waals surface area contributed by atoms with Crippen molar-refractivity contribution in [1.82, 2.24) is 9.55 Å². The summed E-state index contributed by atoms with van der Waals surface area (Å²) in [4.78, 5) is 4.82. The number of fused-ring (bicyclic) bond motifs is 1. The smallest absolute Gasteiger partial charge is 0.119 e. The van der Waals surface area contributed by atoms with E-state index in [-0.39, 0.29) is 0 Å². The van der Waals surface area contributed by atoms with Gasteiger partial charge in [-0.2, -0.15) is 0 Å². The molecule has 4 heteroatoms. The molecule has 3 aromatic rings. The molecule has 0 unspecified atom stereocenters. The molecule has 1 saturated carbocycles. The molecule has 1 aromatic heterocycles. The Labute approximate surface area is 140 Å². The molecule has 1 heterocycles. The van der Waals surface area contributed by atoms with Crippen LogP contribution in [-0.2, 0) is 6.54 Å². The number of halogens is 1. The molecule has 0 amide bonds. The third-order valence-corrected chi connectivity index (χ3v) is 4.76. The third-order valence-electron chi connectivity index (χ3n) is 4.34. The number of hydrogen-bond acceptors (Lipinski definition) is 2. The van der Waals surface area contributed by atoms with Crippen LogP contribution in [0.15, 0.2) is 42.5 Å². The second-order valence-electron chi connectivity index (χ2n) is 6.14. The summed E-state index contributed by atoms with van der Waals surface area (Å²) in [5.41, 5.74) is 3.32. The second kappa shape index (κ2) is 5.89. The van der Waals surface area contributed by atoms with E-state index in [1.54, 1.807) is 0 Å². The molecule has 0 saturated heterocycles. The highest BCUT2D eigenvalue weighted by Crippen LogP contribution is 2.40. The molecule has 0 bridgehead atoms. The van der Waals surface area contributed by atoms with Gasteiger partial charge >= 0.3 is 0 Å².